The maximum absolute atomic E-state index is 12.7. The first-order chi connectivity index (χ1) is 14.1. The molecule has 2 amide bonds. The molecule has 1 aromatic carbocycles. The Bertz CT molecular complexity index is 980. The van der Waals surface area contributed by atoms with Gasteiger partial charge in [-0.15, -0.1) is 0 Å². The first-order valence-electron chi connectivity index (χ1n) is 9.56. The maximum Gasteiger partial charge on any atom is 0.229 e. The zero-order valence-electron chi connectivity index (χ0n) is 16.1. The predicted molar refractivity (Wildman–Crippen MR) is 105 cm³/mol. The van der Waals surface area contributed by atoms with E-state index < -0.39 is 0 Å². The molecule has 0 bridgehead atoms. The Morgan fingerprint density at radius 3 is 2.76 bits per heavy atom. The lowest BCUT2D eigenvalue weighted by Gasteiger charge is -2.32. The number of aromatic amines is 1. The quantitative estimate of drug-likeness (QED) is 0.685. The molecular formula is C20H22N6O3. The lowest BCUT2D eigenvalue weighted by Crippen LogP contribution is -2.44. The summed E-state index contributed by atoms with van der Waals surface area (Å²) in [6.07, 6.45) is 3.38. The van der Waals surface area contributed by atoms with Gasteiger partial charge < -0.3 is 10.2 Å². The third-order valence-electron chi connectivity index (χ3n) is 5.17. The number of rotatable bonds is 5. The summed E-state index contributed by atoms with van der Waals surface area (Å²) < 4.78 is 4.65. The summed E-state index contributed by atoms with van der Waals surface area (Å²) in [6, 6.07) is 9.46. The molecule has 0 unspecified atom stereocenters. The average Bonchev–Trinajstić information content (AvgIpc) is 3.41. The Morgan fingerprint density at radius 2 is 2.07 bits per heavy atom. The first-order valence-corrected chi connectivity index (χ1v) is 9.56. The van der Waals surface area contributed by atoms with E-state index in [0.717, 1.165) is 29.8 Å². The van der Waals surface area contributed by atoms with Crippen molar-refractivity contribution < 1.29 is 14.2 Å². The van der Waals surface area contributed by atoms with Gasteiger partial charge in [-0.2, -0.15) is 5.10 Å². The van der Waals surface area contributed by atoms with Crippen LogP contribution in [0.5, 0.6) is 0 Å². The van der Waals surface area contributed by atoms with Gasteiger partial charge >= 0.3 is 0 Å². The Hall–Kier alpha value is -3.49. The Morgan fingerprint density at radius 1 is 1.24 bits per heavy atom. The second kappa shape index (κ2) is 8.26. The van der Waals surface area contributed by atoms with Gasteiger partial charge in [-0.1, -0.05) is 22.4 Å². The largest absolute Gasteiger partial charge is 0.342 e. The molecule has 4 rings (SSSR count). The van der Waals surface area contributed by atoms with E-state index in [1.165, 1.54) is 0 Å². The fourth-order valence-electron chi connectivity index (χ4n) is 3.48. The molecule has 0 radical (unpaired) electrons. The van der Waals surface area contributed by atoms with E-state index in [0.29, 0.717) is 24.5 Å². The number of hydrogen-bond acceptors (Lipinski definition) is 6. The van der Waals surface area contributed by atoms with Crippen molar-refractivity contribution in [2.75, 3.05) is 18.4 Å². The summed E-state index contributed by atoms with van der Waals surface area (Å²) in [5.74, 6) is -0.377. The minimum absolute atomic E-state index is 0.0646. The summed E-state index contributed by atoms with van der Waals surface area (Å²) in [4.78, 5) is 27.0. The molecule has 3 heterocycles. The molecule has 29 heavy (non-hydrogen) atoms. The molecule has 0 saturated carbocycles. The van der Waals surface area contributed by atoms with E-state index in [1.807, 2.05) is 30.3 Å². The molecule has 3 aromatic rings. The van der Waals surface area contributed by atoms with Crippen molar-refractivity contribution in [2.45, 2.75) is 26.2 Å². The van der Waals surface area contributed by atoms with E-state index >= 15 is 0 Å². The van der Waals surface area contributed by atoms with Crippen molar-refractivity contribution in [2.24, 2.45) is 5.92 Å². The van der Waals surface area contributed by atoms with Crippen LogP contribution in [0.4, 0.5) is 5.69 Å². The van der Waals surface area contributed by atoms with Crippen molar-refractivity contribution in [3.05, 3.63) is 47.9 Å². The topological polar surface area (TPSA) is 117 Å². The number of likely N-dealkylation sites (tertiary alicyclic amines) is 1. The highest BCUT2D eigenvalue weighted by atomic mass is 16.6. The zero-order chi connectivity index (χ0) is 20.2. The molecule has 0 aliphatic carbocycles. The molecule has 1 aliphatic heterocycles. The van der Waals surface area contributed by atoms with E-state index in [-0.39, 0.29) is 24.2 Å². The normalized spacial score (nSPS) is 16.6. The molecule has 2 N–H and O–H groups in total. The molecule has 2 aromatic heterocycles. The van der Waals surface area contributed by atoms with Gasteiger partial charge in [0.05, 0.1) is 18.0 Å². The molecule has 1 aliphatic rings. The van der Waals surface area contributed by atoms with Gasteiger partial charge in [0.1, 0.15) is 11.4 Å². The van der Waals surface area contributed by atoms with E-state index in [1.54, 1.807) is 18.0 Å². The lowest BCUT2D eigenvalue weighted by molar-refractivity contribution is -0.134. The minimum atomic E-state index is -0.239. The third kappa shape index (κ3) is 4.34. The summed E-state index contributed by atoms with van der Waals surface area (Å²) in [5.41, 5.74) is 3.79. The van der Waals surface area contributed by atoms with Crippen molar-refractivity contribution >= 4 is 17.5 Å². The smallest absolute Gasteiger partial charge is 0.229 e. The number of carbonyl (C=O) groups excluding carboxylic acids is 2. The van der Waals surface area contributed by atoms with Gasteiger partial charge in [0.15, 0.2) is 0 Å². The Kier molecular flexibility index (Phi) is 5.37. The van der Waals surface area contributed by atoms with E-state index in [9.17, 15) is 9.59 Å². The second-order valence-electron chi connectivity index (χ2n) is 7.19. The van der Waals surface area contributed by atoms with Crippen molar-refractivity contribution in [3.8, 4) is 11.3 Å². The monoisotopic (exact) mass is 394 g/mol. The van der Waals surface area contributed by atoms with E-state index in [4.69, 9.17) is 0 Å². The van der Waals surface area contributed by atoms with Gasteiger partial charge in [-0.05, 0) is 43.5 Å². The number of benzene rings is 1. The van der Waals surface area contributed by atoms with Gasteiger partial charge in [0, 0.05) is 25.0 Å². The van der Waals surface area contributed by atoms with Crippen LogP contribution in [-0.2, 0) is 16.0 Å². The van der Waals surface area contributed by atoms with Crippen LogP contribution in [0.3, 0.4) is 0 Å². The number of anilines is 1. The van der Waals surface area contributed by atoms with Crippen molar-refractivity contribution in [3.63, 3.8) is 0 Å². The number of aryl methyl sites for hydroxylation is 1. The van der Waals surface area contributed by atoms with Crippen molar-refractivity contribution in [1.29, 1.82) is 0 Å². The highest BCUT2D eigenvalue weighted by molar-refractivity contribution is 5.93. The van der Waals surface area contributed by atoms with Crippen LogP contribution in [0.25, 0.3) is 11.3 Å². The molecule has 1 atom stereocenters. The number of aromatic nitrogens is 4. The van der Waals surface area contributed by atoms with Crippen molar-refractivity contribution in [1.82, 2.24) is 25.4 Å². The average molecular weight is 394 g/mol. The molecule has 1 saturated heterocycles. The fourth-order valence-corrected chi connectivity index (χ4v) is 3.48. The van der Waals surface area contributed by atoms with Crippen LogP contribution in [0.1, 0.15) is 24.2 Å². The molecule has 1 fully saturated rings. The van der Waals surface area contributed by atoms with Gasteiger partial charge in [-0.3, -0.25) is 14.7 Å². The maximum atomic E-state index is 12.7. The molecule has 150 valence electrons. The summed E-state index contributed by atoms with van der Waals surface area (Å²) in [6.45, 7) is 2.80. The number of amides is 2. The number of nitrogens with zero attached hydrogens (tertiary/aromatic N) is 4. The number of hydrogen-bond donors (Lipinski definition) is 2. The SMILES string of the molecule is Cc1nonc1CC(=O)N1CCC[C@@H](C(=O)Nc2ccc(-c3ccn[nH]3)cc2)C1. The van der Waals surface area contributed by atoms with Crippen LogP contribution in [0, 0.1) is 12.8 Å². The van der Waals surface area contributed by atoms with Crippen LogP contribution in [-0.4, -0.2) is 50.3 Å². The summed E-state index contributed by atoms with van der Waals surface area (Å²) in [5, 5.41) is 17.3. The zero-order valence-corrected chi connectivity index (χ0v) is 16.1. The fraction of sp³-hybridized carbons (Fsp3) is 0.350. The van der Waals surface area contributed by atoms with Crippen LogP contribution < -0.4 is 5.32 Å². The molecule has 9 nitrogen and oxygen atoms in total. The predicted octanol–water partition coefficient (Wildman–Crippen LogP) is 2.19. The first kappa shape index (κ1) is 18.9. The van der Waals surface area contributed by atoms with Gasteiger partial charge in [0.2, 0.25) is 11.8 Å². The van der Waals surface area contributed by atoms with Gasteiger partial charge in [0.25, 0.3) is 0 Å². The highest BCUT2D eigenvalue weighted by Gasteiger charge is 2.29. The summed E-state index contributed by atoms with van der Waals surface area (Å²) in [7, 11) is 0. The Labute approximate surface area is 167 Å². The molecule has 9 heteroatoms. The second-order valence-corrected chi connectivity index (χ2v) is 7.19. The highest BCUT2D eigenvalue weighted by Crippen LogP contribution is 2.22. The lowest BCUT2D eigenvalue weighted by atomic mass is 9.96. The van der Waals surface area contributed by atoms with Crippen LogP contribution in [0.2, 0.25) is 0 Å². The van der Waals surface area contributed by atoms with E-state index in [2.05, 4.69) is 30.5 Å². The third-order valence-corrected chi connectivity index (χ3v) is 5.17. The standard InChI is InChI=1S/C20H22N6O3/c1-13-18(25-29-24-13)11-19(27)26-10-2-3-15(12-26)20(28)22-16-6-4-14(5-7-16)17-8-9-21-23-17/h4-9,15H,2-3,10-12H2,1H3,(H,21,23)(H,22,28)/t15-/m1/s1. The Balaban J connectivity index is 1.35. The van der Waals surface area contributed by atoms with Gasteiger partial charge in [-0.25, -0.2) is 4.63 Å². The number of H-pyrrole nitrogens is 1. The molecular weight excluding hydrogens is 372 g/mol. The number of nitrogens with one attached hydrogen (secondary N) is 2. The van der Waals surface area contributed by atoms with Crippen LogP contribution >= 0.6 is 0 Å². The minimum Gasteiger partial charge on any atom is -0.342 e. The number of piperidine rings is 1. The summed E-state index contributed by atoms with van der Waals surface area (Å²) >= 11 is 0. The number of carbonyl (C=O) groups is 2. The molecule has 0 spiro atoms. The van der Waals surface area contributed by atoms with Crippen LogP contribution in [0.15, 0.2) is 41.2 Å².